The summed E-state index contributed by atoms with van der Waals surface area (Å²) < 4.78 is 1.92. The molecule has 0 fully saturated rings. The van der Waals surface area contributed by atoms with Crippen LogP contribution in [0.4, 0.5) is 5.69 Å². The molecule has 0 spiro atoms. The summed E-state index contributed by atoms with van der Waals surface area (Å²) in [5.74, 6) is -0.0585. The Balaban J connectivity index is 0.00000182. The maximum Gasteiger partial charge on any atom is 0.269 e. The molecule has 0 aliphatic rings. The number of carbonyl (C=O) groups is 1. The monoisotopic (exact) mass is 373 g/mol. The minimum absolute atomic E-state index is 0. The number of halogens is 1. The minimum atomic E-state index is -0.0585. The Bertz CT molecular complexity index is 1040. The van der Waals surface area contributed by atoms with E-state index in [0.717, 1.165) is 27.2 Å². The first-order valence-corrected chi connectivity index (χ1v) is 8.33. The number of nitrogens with zero attached hydrogens (tertiary/aromatic N) is 3. The van der Waals surface area contributed by atoms with Crippen LogP contribution in [0.2, 0.25) is 0 Å². The summed E-state index contributed by atoms with van der Waals surface area (Å²) in [6.07, 6.45) is 1.83. The third-order valence-electron chi connectivity index (χ3n) is 4.01. The normalized spacial score (nSPS) is 10.8. The van der Waals surface area contributed by atoms with Gasteiger partial charge in [-0.25, -0.2) is 4.98 Å². The van der Waals surface area contributed by atoms with Crippen LogP contribution >= 0.6 is 23.7 Å². The van der Waals surface area contributed by atoms with Crippen molar-refractivity contribution in [1.29, 1.82) is 0 Å². The highest BCUT2D eigenvalue weighted by atomic mass is 35.5. The van der Waals surface area contributed by atoms with Crippen LogP contribution in [0.5, 0.6) is 0 Å². The molecular formula is C18H16ClN3O2S. The molecule has 4 rings (SSSR count). The number of imidazole rings is 1. The number of aromatic nitrogens is 2. The molecule has 4 aromatic rings. The standard InChI is InChI=1S/C18H15N3O2S.ClH/c1-20(13-5-3-2-4-6-13)17(23)16-10-21-15-8-7-12(11-22)9-14(15)19-18(21)24-16;/h2-10,22H,11H2,1H3;1H. The summed E-state index contributed by atoms with van der Waals surface area (Å²) in [6.45, 7) is -0.00722. The summed E-state index contributed by atoms with van der Waals surface area (Å²) in [4.78, 5) is 20.3. The van der Waals surface area contributed by atoms with Gasteiger partial charge in [-0.05, 0) is 29.8 Å². The van der Waals surface area contributed by atoms with Gasteiger partial charge in [0.05, 0.1) is 17.6 Å². The Morgan fingerprint density at radius 1 is 1.24 bits per heavy atom. The van der Waals surface area contributed by atoms with Gasteiger partial charge < -0.3 is 10.0 Å². The van der Waals surface area contributed by atoms with E-state index in [4.69, 9.17) is 0 Å². The van der Waals surface area contributed by atoms with E-state index in [1.165, 1.54) is 11.3 Å². The highest BCUT2D eigenvalue weighted by Gasteiger charge is 2.18. The van der Waals surface area contributed by atoms with E-state index in [0.29, 0.717) is 4.88 Å². The second-order valence-corrected chi connectivity index (χ2v) is 6.55. The Morgan fingerprint density at radius 2 is 2.00 bits per heavy atom. The van der Waals surface area contributed by atoms with Crippen LogP contribution in [-0.4, -0.2) is 27.4 Å². The fourth-order valence-corrected chi connectivity index (χ4v) is 3.66. The van der Waals surface area contributed by atoms with Gasteiger partial charge in [-0.2, -0.15) is 0 Å². The van der Waals surface area contributed by atoms with Gasteiger partial charge in [0.25, 0.3) is 5.91 Å². The Kier molecular flexibility index (Phi) is 4.76. The average Bonchev–Trinajstić information content (AvgIpc) is 3.18. The number of benzene rings is 2. The van der Waals surface area contributed by atoms with E-state index >= 15 is 0 Å². The van der Waals surface area contributed by atoms with Gasteiger partial charge in [0.2, 0.25) is 0 Å². The SMILES string of the molecule is CN(C(=O)c1cn2c(nc3cc(CO)ccc32)s1)c1ccccc1.Cl. The van der Waals surface area contributed by atoms with Crippen molar-refractivity contribution in [3.05, 3.63) is 65.2 Å². The minimum Gasteiger partial charge on any atom is -0.392 e. The summed E-state index contributed by atoms with van der Waals surface area (Å²) in [5.41, 5.74) is 3.43. The number of para-hydroxylation sites is 1. The zero-order valence-corrected chi connectivity index (χ0v) is 15.0. The number of rotatable bonds is 3. The first kappa shape index (κ1) is 17.4. The number of carbonyl (C=O) groups excluding carboxylic acids is 1. The fourth-order valence-electron chi connectivity index (χ4n) is 2.69. The Morgan fingerprint density at radius 3 is 2.72 bits per heavy atom. The van der Waals surface area contributed by atoms with Gasteiger partial charge >= 0.3 is 0 Å². The van der Waals surface area contributed by atoms with E-state index in [-0.39, 0.29) is 24.9 Å². The van der Waals surface area contributed by atoms with Crippen molar-refractivity contribution in [1.82, 2.24) is 9.38 Å². The van der Waals surface area contributed by atoms with Crippen LogP contribution in [0.15, 0.2) is 54.7 Å². The molecule has 5 nitrogen and oxygen atoms in total. The lowest BCUT2D eigenvalue weighted by Gasteiger charge is -2.15. The van der Waals surface area contributed by atoms with Crippen LogP contribution in [-0.2, 0) is 6.61 Å². The molecule has 1 N–H and O–H groups in total. The molecule has 2 heterocycles. The fraction of sp³-hybridized carbons (Fsp3) is 0.111. The van der Waals surface area contributed by atoms with Crippen LogP contribution in [0, 0.1) is 0 Å². The van der Waals surface area contributed by atoms with Crippen molar-refractivity contribution in [2.45, 2.75) is 6.61 Å². The molecule has 0 bridgehead atoms. The first-order chi connectivity index (χ1) is 11.7. The Labute approximate surface area is 154 Å². The van der Waals surface area contributed by atoms with E-state index in [1.54, 1.807) is 11.9 Å². The van der Waals surface area contributed by atoms with Gasteiger partial charge in [0.1, 0.15) is 4.88 Å². The molecule has 0 radical (unpaired) electrons. The molecule has 2 aromatic heterocycles. The summed E-state index contributed by atoms with van der Waals surface area (Å²) in [5, 5.41) is 9.23. The number of anilines is 1. The zero-order valence-electron chi connectivity index (χ0n) is 13.4. The maximum absolute atomic E-state index is 12.7. The van der Waals surface area contributed by atoms with E-state index in [1.807, 2.05) is 59.1 Å². The third-order valence-corrected chi connectivity index (χ3v) is 4.98. The second-order valence-electron chi connectivity index (χ2n) is 5.54. The molecule has 25 heavy (non-hydrogen) atoms. The topological polar surface area (TPSA) is 57.8 Å². The number of fused-ring (bicyclic) bond motifs is 3. The number of aliphatic hydroxyl groups excluding tert-OH is 1. The van der Waals surface area contributed by atoms with Crippen LogP contribution in [0.3, 0.4) is 0 Å². The molecular weight excluding hydrogens is 358 g/mol. The summed E-state index contributed by atoms with van der Waals surface area (Å²) in [6, 6.07) is 15.2. The average molecular weight is 374 g/mol. The highest BCUT2D eigenvalue weighted by Crippen LogP contribution is 2.26. The lowest BCUT2D eigenvalue weighted by molar-refractivity contribution is 0.0996. The molecule has 0 unspecified atom stereocenters. The molecule has 2 aromatic carbocycles. The van der Waals surface area contributed by atoms with Crippen molar-refractivity contribution in [3.63, 3.8) is 0 Å². The molecule has 0 saturated heterocycles. The molecule has 128 valence electrons. The van der Waals surface area contributed by atoms with Gasteiger partial charge in [0.15, 0.2) is 4.96 Å². The van der Waals surface area contributed by atoms with Crippen molar-refractivity contribution in [2.24, 2.45) is 0 Å². The third kappa shape index (κ3) is 3.00. The van der Waals surface area contributed by atoms with Gasteiger partial charge in [0, 0.05) is 18.9 Å². The van der Waals surface area contributed by atoms with E-state index < -0.39 is 0 Å². The van der Waals surface area contributed by atoms with Gasteiger partial charge in [-0.3, -0.25) is 9.20 Å². The molecule has 0 saturated carbocycles. The van der Waals surface area contributed by atoms with Crippen LogP contribution in [0.1, 0.15) is 15.2 Å². The quantitative estimate of drug-likeness (QED) is 0.595. The molecule has 0 aliphatic carbocycles. The van der Waals surface area contributed by atoms with Gasteiger partial charge in [-0.15, -0.1) is 12.4 Å². The zero-order chi connectivity index (χ0) is 16.7. The highest BCUT2D eigenvalue weighted by molar-refractivity contribution is 7.19. The Hall–Kier alpha value is -2.41. The number of amides is 1. The van der Waals surface area contributed by atoms with Crippen molar-refractivity contribution in [2.75, 3.05) is 11.9 Å². The predicted octanol–water partition coefficient (Wildman–Crippen LogP) is 3.74. The lowest BCUT2D eigenvalue weighted by atomic mass is 10.2. The molecule has 0 atom stereocenters. The van der Waals surface area contributed by atoms with Crippen LogP contribution < -0.4 is 4.90 Å². The van der Waals surface area contributed by atoms with E-state index in [2.05, 4.69) is 4.98 Å². The first-order valence-electron chi connectivity index (χ1n) is 7.52. The number of thiazole rings is 1. The molecule has 0 aliphatic heterocycles. The molecule has 7 heteroatoms. The lowest BCUT2D eigenvalue weighted by Crippen LogP contribution is -2.25. The molecule has 1 amide bonds. The maximum atomic E-state index is 12.7. The smallest absolute Gasteiger partial charge is 0.269 e. The van der Waals surface area contributed by atoms with Crippen molar-refractivity contribution < 1.29 is 9.90 Å². The summed E-state index contributed by atoms with van der Waals surface area (Å²) >= 11 is 1.37. The van der Waals surface area contributed by atoms with Crippen LogP contribution in [0.25, 0.3) is 16.0 Å². The number of hydrogen-bond acceptors (Lipinski definition) is 4. The second kappa shape index (κ2) is 6.84. The van der Waals surface area contributed by atoms with Crippen molar-refractivity contribution in [3.8, 4) is 0 Å². The van der Waals surface area contributed by atoms with E-state index in [9.17, 15) is 9.90 Å². The van der Waals surface area contributed by atoms with Crippen molar-refractivity contribution >= 4 is 51.3 Å². The largest absolute Gasteiger partial charge is 0.392 e. The number of hydrogen-bond donors (Lipinski definition) is 1. The van der Waals surface area contributed by atoms with Gasteiger partial charge in [-0.1, -0.05) is 35.6 Å². The predicted molar refractivity (Wildman–Crippen MR) is 103 cm³/mol. The summed E-state index contributed by atoms with van der Waals surface area (Å²) in [7, 11) is 1.77. The number of aliphatic hydroxyl groups is 1.